The Morgan fingerprint density at radius 2 is 2.16 bits per heavy atom. The van der Waals surface area contributed by atoms with Gasteiger partial charge in [0.25, 0.3) is 0 Å². The summed E-state index contributed by atoms with van der Waals surface area (Å²) in [7, 11) is 1.88. The third kappa shape index (κ3) is 4.08. The number of amides is 1. The lowest BCUT2D eigenvalue weighted by Crippen LogP contribution is -2.50. The molecule has 0 bridgehead atoms. The lowest BCUT2D eigenvalue weighted by molar-refractivity contribution is -0.149. The fourth-order valence-electron chi connectivity index (χ4n) is 3.26. The second kappa shape index (κ2) is 7.37. The Labute approximate surface area is 148 Å². The highest BCUT2D eigenvalue weighted by atomic mass is 16.5. The third-order valence-corrected chi connectivity index (χ3v) is 4.84. The van der Waals surface area contributed by atoms with Gasteiger partial charge in [0.1, 0.15) is 5.60 Å². The van der Waals surface area contributed by atoms with Crippen molar-refractivity contribution in [3.05, 3.63) is 53.9 Å². The van der Waals surface area contributed by atoms with Gasteiger partial charge >= 0.3 is 0 Å². The number of carbonyl (C=O) groups excluding carboxylic acids is 1. The molecule has 2 heterocycles. The van der Waals surface area contributed by atoms with Gasteiger partial charge < -0.3 is 15.4 Å². The molecule has 0 aliphatic carbocycles. The van der Waals surface area contributed by atoms with E-state index in [9.17, 15) is 4.79 Å². The normalized spacial score (nSPS) is 22.0. The van der Waals surface area contributed by atoms with Gasteiger partial charge in [0.2, 0.25) is 5.91 Å². The van der Waals surface area contributed by atoms with Gasteiger partial charge in [-0.3, -0.25) is 9.48 Å². The van der Waals surface area contributed by atoms with Crippen LogP contribution in [0.15, 0.2) is 42.7 Å². The summed E-state index contributed by atoms with van der Waals surface area (Å²) < 4.78 is 7.72. The van der Waals surface area contributed by atoms with Gasteiger partial charge in [-0.1, -0.05) is 30.3 Å². The molecule has 0 unspecified atom stereocenters. The van der Waals surface area contributed by atoms with E-state index < -0.39 is 5.60 Å². The SMILES string of the molecule is Cn1cc([C@@]2(C)CN(C(=O)CC[C@H](N)c3ccccc3)CCO2)cn1. The predicted octanol–water partition coefficient (Wildman–Crippen LogP) is 1.97. The zero-order chi connectivity index (χ0) is 17.9. The molecule has 0 radical (unpaired) electrons. The summed E-state index contributed by atoms with van der Waals surface area (Å²) in [6.07, 6.45) is 4.83. The first kappa shape index (κ1) is 17.6. The minimum atomic E-state index is -0.510. The molecule has 1 aliphatic heterocycles. The molecule has 1 amide bonds. The number of carbonyl (C=O) groups is 1. The standard InChI is InChI=1S/C19H26N4O2/c1-19(16-12-21-22(2)13-16)14-23(10-11-25-19)18(24)9-8-17(20)15-6-4-3-5-7-15/h3-7,12-13,17H,8-11,14,20H2,1-2H3/t17-,19+/m0/s1. The fraction of sp³-hybridized carbons (Fsp3) is 0.474. The van der Waals surface area contributed by atoms with Crippen LogP contribution in [-0.4, -0.2) is 40.3 Å². The Bertz CT molecular complexity index is 715. The number of ether oxygens (including phenoxy) is 1. The number of benzene rings is 1. The number of morpholine rings is 1. The molecule has 6 heteroatoms. The van der Waals surface area contributed by atoms with Crippen molar-refractivity contribution in [2.24, 2.45) is 12.8 Å². The van der Waals surface area contributed by atoms with Crippen LogP contribution in [0.5, 0.6) is 0 Å². The molecular weight excluding hydrogens is 316 g/mol. The maximum atomic E-state index is 12.7. The van der Waals surface area contributed by atoms with Crippen molar-refractivity contribution in [2.75, 3.05) is 19.7 Å². The zero-order valence-electron chi connectivity index (χ0n) is 14.9. The van der Waals surface area contributed by atoms with Gasteiger partial charge in [-0.15, -0.1) is 0 Å². The van der Waals surface area contributed by atoms with E-state index in [1.54, 1.807) is 10.9 Å². The van der Waals surface area contributed by atoms with Crippen LogP contribution in [0, 0.1) is 0 Å². The quantitative estimate of drug-likeness (QED) is 0.902. The molecular formula is C19H26N4O2. The summed E-state index contributed by atoms with van der Waals surface area (Å²) in [5.41, 5.74) is 7.76. The summed E-state index contributed by atoms with van der Waals surface area (Å²) in [5.74, 6) is 0.129. The van der Waals surface area contributed by atoms with E-state index in [4.69, 9.17) is 10.5 Å². The van der Waals surface area contributed by atoms with E-state index in [-0.39, 0.29) is 11.9 Å². The van der Waals surface area contributed by atoms with Gasteiger partial charge in [0, 0.05) is 37.8 Å². The number of aryl methyl sites for hydroxylation is 1. The van der Waals surface area contributed by atoms with Crippen LogP contribution in [0.25, 0.3) is 0 Å². The van der Waals surface area contributed by atoms with Gasteiger partial charge in [0.15, 0.2) is 0 Å². The van der Waals surface area contributed by atoms with Gasteiger partial charge in [0.05, 0.1) is 19.3 Å². The summed E-state index contributed by atoms with van der Waals surface area (Å²) in [4.78, 5) is 14.5. The van der Waals surface area contributed by atoms with Gasteiger partial charge in [-0.05, 0) is 18.9 Å². The van der Waals surface area contributed by atoms with Crippen LogP contribution >= 0.6 is 0 Å². The van der Waals surface area contributed by atoms with E-state index >= 15 is 0 Å². The largest absolute Gasteiger partial charge is 0.367 e. The van der Waals surface area contributed by atoms with Crippen LogP contribution in [0.3, 0.4) is 0 Å². The summed E-state index contributed by atoms with van der Waals surface area (Å²) in [6, 6.07) is 9.80. The molecule has 134 valence electrons. The van der Waals surface area contributed by atoms with Crippen LogP contribution in [-0.2, 0) is 22.2 Å². The van der Waals surface area contributed by atoms with Crippen LogP contribution in [0.4, 0.5) is 0 Å². The summed E-state index contributed by atoms with van der Waals surface area (Å²) in [6.45, 7) is 3.70. The highest BCUT2D eigenvalue weighted by Crippen LogP contribution is 2.29. The minimum absolute atomic E-state index is 0.115. The molecule has 3 rings (SSSR count). The molecule has 2 atom stereocenters. The van der Waals surface area contributed by atoms with Crippen molar-refractivity contribution in [3.8, 4) is 0 Å². The zero-order valence-corrected chi connectivity index (χ0v) is 14.9. The first-order valence-corrected chi connectivity index (χ1v) is 8.69. The maximum Gasteiger partial charge on any atom is 0.222 e. The monoisotopic (exact) mass is 342 g/mol. The van der Waals surface area contributed by atoms with E-state index in [0.717, 1.165) is 11.1 Å². The second-order valence-corrected chi connectivity index (χ2v) is 6.85. The predicted molar refractivity (Wildman–Crippen MR) is 95.7 cm³/mol. The maximum absolute atomic E-state index is 12.7. The summed E-state index contributed by atoms with van der Waals surface area (Å²) >= 11 is 0. The molecule has 1 aromatic carbocycles. The van der Waals surface area contributed by atoms with Gasteiger partial charge in [-0.25, -0.2) is 0 Å². The topological polar surface area (TPSA) is 73.4 Å². The Hall–Kier alpha value is -2.18. The first-order chi connectivity index (χ1) is 12.0. The summed E-state index contributed by atoms with van der Waals surface area (Å²) in [5, 5.41) is 4.22. The van der Waals surface area contributed by atoms with Crippen LogP contribution < -0.4 is 5.73 Å². The van der Waals surface area contributed by atoms with Crippen LogP contribution in [0.2, 0.25) is 0 Å². The van der Waals surface area contributed by atoms with Crippen molar-refractivity contribution in [1.29, 1.82) is 0 Å². The molecule has 1 saturated heterocycles. The molecule has 25 heavy (non-hydrogen) atoms. The molecule has 1 fully saturated rings. The molecule has 6 nitrogen and oxygen atoms in total. The molecule has 0 spiro atoms. The smallest absolute Gasteiger partial charge is 0.222 e. The molecule has 1 aromatic heterocycles. The number of nitrogens with zero attached hydrogens (tertiary/aromatic N) is 3. The van der Waals surface area contributed by atoms with Crippen LogP contribution in [0.1, 0.15) is 36.9 Å². The molecule has 2 aromatic rings. The Kier molecular flexibility index (Phi) is 5.20. The number of hydrogen-bond donors (Lipinski definition) is 1. The van der Waals surface area contributed by atoms with Crippen molar-refractivity contribution in [2.45, 2.75) is 31.4 Å². The minimum Gasteiger partial charge on any atom is -0.367 e. The highest BCUT2D eigenvalue weighted by Gasteiger charge is 2.36. The average Bonchev–Trinajstić information content (AvgIpc) is 3.07. The van der Waals surface area contributed by atoms with E-state index in [2.05, 4.69) is 5.10 Å². The van der Waals surface area contributed by atoms with Crippen molar-refractivity contribution in [1.82, 2.24) is 14.7 Å². The number of hydrogen-bond acceptors (Lipinski definition) is 4. The Balaban J connectivity index is 1.58. The third-order valence-electron chi connectivity index (χ3n) is 4.84. The van der Waals surface area contributed by atoms with E-state index in [1.165, 1.54) is 0 Å². The molecule has 0 saturated carbocycles. The first-order valence-electron chi connectivity index (χ1n) is 8.69. The Morgan fingerprint density at radius 1 is 1.40 bits per heavy atom. The fourth-order valence-corrected chi connectivity index (χ4v) is 3.26. The average molecular weight is 342 g/mol. The van der Waals surface area contributed by atoms with E-state index in [1.807, 2.05) is 55.4 Å². The Morgan fingerprint density at radius 3 is 2.84 bits per heavy atom. The van der Waals surface area contributed by atoms with E-state index in [0.29, 0.717) is 32.5 Å². The van der Waals surface area contributed by atoms with Crippen molar-refractivity contribution < 1.29 is 9.53 Å². The van der Waals surface area contributed by atoms with Crippen molar-refractivity contribution >= 4 is 5.91 Å². The van der Waals surface area contributed by atoms with Crippen molar-refractivity contribution in [3.63, 3.8) is 0 Å². The highest BCUT2D eigenvalue weighted by molar-refractivity contribution is 5.76. The lowest BCUT2D eigenvalue weighted by Gasteiger charge is -2.40. The number of nitrogens with two attached hydrogens (primary N) is 1. The number of rotatable bonds is 5. The second-order valence-electron chi connectivity index (χ2n) is 6.85. The molecule has 2 N–H and O–H groups in total. The van der Waals surface area contributed by atoms with Gasteiger partial charge in [-0.2, -0.15) is 5.10 Å². The molecule has 1 aliphatic rings. The number of aromatic nitrogens is 2. The lowest BCUT2D eigenvalue weighted by atomic mass is 9.96.